The highest BCUT2D eigenvalue weighted by atomic mass is 16.3. The normalized spacial score (nSPS) is 14.6. The molecule has 0 atom stereocenters. The molecule has 0 saturated heterocycles. The zero-order chi connectivity index (χ0) is 14.8. The molecule has 0 spiro atoms. The Hall–Kier alpha value is -1.77. The van der Waals surface area contributed by atoms with E-state index >= 15 is 0 Å². The Morgan fingerprint density at radius 3 is 2.81 bits per heavy atom. The van der Waals surface area contributed by atoms with E-state index in [4.69, 9.17) is 4.42 Å². The number of carbonyl (C=O) groups excluding carboxylic acids is 1. The van der Waals surface area contributed by atoms with Gasteiger partial charge in [0.15, 0.2) is 0 Å². The van der Waals surface area contributed by atoms with E-state index in [0.29, 0.717) is 6.54 Å². The summed E-state index contributed by atoms with van der Waals surface area (Å²) in [6.07, 6.45) is 5.32. The van der Waals surface area contributed by atoms with E-state index in [1.54, 1.807) is 0 Å². The summed E-state index contributed by atoms with van der Waals surface area (Å²) in [4.78, 5) is 14.1. The number of carbonyl (C=O) groups is 1. The molecular weight excluding hydrogens is 262 g/mol. The Bertz CT molecular complexity index is 640. The van der Waals surface area contributed by atoms with Gasteiger partial charge in [-0.05, 0) is 25.3 Å². The minimum Gasteiger partial charge on any atom is -0.461 e. The smallest absolute Gasteiger partial charge is 0.225 e. The molecule has 1 saturated carbocycles. The summed E-state index contributed by atoms with van der Waals surface area (Å²) in [5.41, 5.74) is 2.13. The minimum atomic E-state index is 0.271. The third-order valence-corrected chi connectivity index (χ3v) is 4.24. The van der Waals surface area contributed by atoms with Crippen molar-refractivity contribution in [1.82, 2.24) is 4.90 Å². The van der Waals surface area contributed by atoms with Gasteiger partial charge in [0.05, 0.1) is 0 Å². The molecule has 112 valence electrons. The average molecular weight is 285 g/mol. The van der Waals surface area contributed by atoms with Crippen LogP contribution in [0.1, 0.15) is 43.9 Å². The van der Waals surface area contributed by atoms with Crippen molar-refractivity contribution in [3.8, 4) is 0 Å². The molecular formula is C18H23NO2. The minimum absolute atomic E-state index is 0.271. The van der Waals surface area contributed by atoms with E-state index in [-0.39, 0.29) is 11.8 Å². The van der Waals surface area contributed by atoms with Gasteiger partial charge in [-0.1, -0.05) is 31.5 Å². The molecule has 1 heterocycles. The number of hydrogen-bond acceptors (Lipinski definition) is 2. The summed E-state index contributed by atoms with van der Waals surface area (Å²) < 4.78 is 6.02. The predicted molar refractivity (Wildman–Crippen MR) is 84.0 cm³/mol. The molecule has 0 unspecified atom stereocenters. The lowest BCUT2D eigenvalue weighted by Gasteiger charge is -2.17. The van der Waals surface area contributed by atoms with Gasteiger partial charge < -0.3 is 9.32 Å². The quantitative estimate of drug-likeness (QED) is 0.799. The molecule has 3 nitrogen and oxygen atoms in total. The highest BCUT2D eigenvalue weighted by Crippen LogP contribution is 2.33. The Balaban J connectivity index is 1.88. The molecule has 0 aliphatic heterocycles. The zero-order valence-electron chi connectivity index (χ0n) is 12.9. The monoisotopic (exact) mass is 285 g/mol. The number of furan rings is 1. The molecule has 1 aliphatic rings. The number of benzene rings is 1. The van der Waals surface area contributed by atoms with Gasteiger partial charge in [0.1, 0.15) is 11.3 Å². The number of aryl methyl sites for hydroxylation is 1. The Kier molecular flexibility index (Phi) is 4.00. The van der Waals surface area contributed by atoms with Crippen LogP contribution in [0.2, 0.25) is 0 Å². The van der Waals surface area contributed by atoms with Crippen LogP contribution in [0.3, 0.4) is 0 Å². The summed E-state index contributed by atoms with van der Waals surface area (Å²) in [6.45, 7) is 2.84. The van der Waals surface area contributed by atoms with Crippen LogP contribution in [0.4, 0.5) is 0 Å². The first-order valence-electron chi connectivity index (χ1n) is 7.95. The fourth-order valence-corrected chi connectivity index (χ4v) is 2.82. The van der Waals surface area contributed by atoms with E-state index in [1.165, 1.54) is 5.56 Å². The Morgan fingerprint density at radius 1 is 1.33 bits per heavy atom. The van der Waals surface area contributed by atoms with Gasteiger partial charge in [0.25, 0.3) is 0 Å². The molecule has 1 amide bonds. The van der Waals surface area contributed by atoms with Crippen molar-refractivity contribution in [1.29, 1.82) is 0 Å². The average Bonchev–Trinajstić information content (AvgIpc) is 3.29. The molecule has 3 rings (SSSR count). The van der Waals surface area contributed by atoms with Gasteiger partial charge in [-0.2, -0.15) is 0 Å². The van der Waals surface area contributed by atoms with Crippen molar-refractivity contribution in [2.24, 2.45) is 5.92 Å². The lowest BCUT2D eigenvalue weighted by Crippen LogP contribution is -2.27. The number of fused-ring (bicyclic) bond motifs is 1. The summed E-state index contributed by atoms with van der Waals surface area (Å²) in [5, 5.41) is 1.15. The van der Waals surface area contributed by atoms with Crippen molar-refractivity contribution >= 4 is 16.9 Å². The van der Waals surface area contributed by atoms with Crippen LogP contribution in [0.5, 0.6) is 0 Å². The summed E-state index contributed by atoms with van der Waals surface area (Å²) >= 11 is 0. The van der Waals surface area contributed by atoms with Gasteiger partial charge in [-0.3, -0.25) is 4.79 Å². The van der Waals surface area contributed by atoms with Gasteiger partial charge >= 0.3 is 0 Å². The molecule has 1 aromatic carbocycles. The van der Waals surface area contributed by atoms with E-state index in [0.717, 1.165) is 48.8 Å². The number of nitrogens with zero attached hydrogens (tertiary/aromatic N) is 1. The largest absolute Gasteiger partial charge is 0.461 e. The number of hydrogen-bond donors (Lipinski definition) is 0. The van der Waals surface area contributed by atoms with Crippen molar-refractivity contribution in [2.75, 3.05) is 7.05 Å². The SMILES string of the molecule is CCCCc1oc2ccccc2c1CN(C)C(=O)C1CC1. The first-order chi connectivity index (χ1) is 10.2. The zero-order valence-corrected chi connectivity index (χ0v) is 12.9. The van der Waals surface area contributed by atoms with E-state index in [2.05, 4.69) is 13.0 Å². The molecule has 1 fully saturated rings. The Labute approximate surface area is 125 Å². The van der Waals surface area contributed by atoms with E-state index in [1.807, 2.05) is 30.1 Å². The number of amides is 1. The Morgan fingerprint density at radius 2 is 2.10 bits per heavy atom. The van der Waals surface area contributed by atoms with Crippen molar-refractivity contribution in [3.05, 3.63) is 35.6 Å². The second-order valence-corrected chi connectivity index (χ2v) is 6.07. The van der Waals surface area contributed by atoms with Crippen molar-refractivity contribution in [3.63, 3.8) is 0 Å². The second-order valence-electron chi connectivity index (χ2n) is 6.07. The van der Waals surface area contributed by atoms with E-state index in [9.17, 15) is 4.79 Å². The fraction of sp³-hybridized carbons (Fsp3) is 0.500. The number of unbranched alkanes of at least 4 members (excludes halogenated alkanes) is 1. The van der Waals surface area contributed by atoms with Gasteiger partial charge in [0, 0.05) is 36.9 Å². The molecule has 0 N–H and O–H groups in total. The molecule has 21 heavy (non-hydrogen) atoms. The van der Waals surface area contributed by atoms with Crippen LogP contribution in [0.25, 0.3) is 11.0 Å². The van der Waals surface area contributed by atoms with Gasteiger partial charge in [0.2, 0.25) is 5.91 Å². The standard InChI is InChI=1S/C18H23NO2/c1-3-4-8-17-15(12-19(2)18(20)13-10-11-13)14-7-5-6-9-16(14)21-17/h5-7,9,13H,3-4,8,10-12H2,1-2H3. The van der Waals surface area contributed by atoms with Crippen LogP contribution in [-0.2, 0) is 17.8 Å². The molecule has 3 heteroatoms. The number of para-hydroxylation sites is 1. The van der Waals surface area contributed by atoms with Gasteiger partial charge in [-0.25, -0.2) is 0 Å². The molecule has 1 aromatic heterocycles. The third-order valence-electron chi connectivity index (χ3n) is 4.24. The number of rotatable bonds is 6. The maximum Gasteiger partial charge on any atom is 0.225 e. The summed E-state index contributed by atoms with van der Waals surface area (Å²) in [5.74, 6) is 1.60. The molecule has 0 bridgehead atoms. The predicted octanol–water partition coefficient (Wildman–Crippen LogP) is 4.14. The van der Waals surface area contributed by atoms with Crippen LogP contribution in [0, 0.1) is 5.92 Å². The summed E-state index contributed by atoms with van der Waals surface area (Å²) in [7, 11) is 1.91. The van der Waals surface area contributed by atoms with Crippen molar-refractivity contribution in [2.45, 2.75) is 45.6 Å². The van der Waals surface area contributed by atoms with Crippen LogP contribution in [0.15, 0.2) is 28.7 Å². The van der Waals surface area contributed by atoms with Crippen LogP contribution in [-0.4, -0.2) is 17.9 Å². The highest BCUT2D eigenvalue weighted by molar-refractivity contribution is 5.84. The topological polar surface area (TPSA) is 33.5 Å². The first kappa shape index (κ1) is 14.2. The maximum atomic E-state index is 12.2. The molecule has 1 aliphatic carbocycles. The van der Waals surface area contributed by atoms with Crippen LogP contribution < -0.4 is 0 Å². The third kappa shape index (κ3) is 2.97. The molecule has 0 radical (unpaired) electrons. The lowest BCUT2D eigenvalue weighted by molar-refractivity contribution is -0.131. The summed E-state index contributed by atoms with van der Waals surface area (Å²) in [6, 6.07) is 8.14. The maximum absolute atomic E-state index is 12.2. The van der Waals surface area contributed by atoms with Crippen LogP contribution >= 0.6 is 0 Å². The lowest BCUT2D eigenvalue weighted by atomic mass is 10.1. The van der Waals surface area contributed by atoms with Crippen molar-refractivity contribution < 1.29 is 9.21 Å². The second kappa shape index (κ2) is 5.92. The highest BCUT2D eigenvalue weighted by Gasteiger charge is 2.32. The van der Waals surface area contributed by atoms with Gasteiger partial charge in [-0.15, -0.1) is 0 Å². The fourth-order valence-electron chi connectivity index (χ4n) is 2.82. The molecule has 2 aromatic rings. The van der Waals surface area contributed by atoms with E-state index < -0.39 is 0 Å². The first-order valence-corrected chi connectivity index (χ1v) is 7.95.